The normalized spacial score (nSPS) is 12.7. The summed E-state index contributed by atoms with van der Waals surface area (Å²) < 4.78 is 5.49. The van der Waals surface area contributed by atoms with Crippen LogP contribution in [0.25, 0.3) is 0 Å². The Morgan fingerprint density at radius 3 is 2.17 bits per heavy atom. The smallest absolute Gasteiger partial charge is 0.423 e. The number of hydrogen-bond donors (Lipinski definition) is 2. The Morgan fingerprint density at radius 2 is 1.72 bits per heavy atom. The van der Waals surface area contributed by atoms with Gasteiger partial charge in [0.1, 0.15) is 0 Å². The van der Waals surface area contributed by atoms with Crippen molar-refractivity contribution >= 4 is 35.8 Å². The van der Waals surface area contributed by atoms with Gasteiger partial charge in [-0.15, -0.1) is 0 Å². The molecule has 0 unspecified atom stereocenters. The fourth-order valence-electron chi connectivity index (χ4n) is 1.19. The summed E-state index contributed by atoms with van der Waals surface area (Å²) in [5, 5.41) is 20.8. The molecule has 1 aromatic carbocycles. The van der Waals surface area contributed by atoms with E-state index in [2.05, 4.69) is 0 Å². The van der Waals surface area contributed by atoms with Gasteiger partial charge in [-0.25, -0.2) is 0 Å². The van der Waals surface area contributed by atoms with Gasteiger partial charge in [-0.1, -0.05) is 29.3 Å². The van der Waals surface area contributed by atoms with Gasteiger partial charge in [0, 0.05) is 15.5 Å². The first-order chi connectivity index (χ1) is 8.04. The molecule has 0 heterocycles. The first kappa shape index (κ1) is 15.8. The van der Waals surface area contributed by atoms with Gasteiger partial charge in [-0.05, 0) is 39.8 Å². The van der Waals surface area contributed by atoms with Crippen molar-refractivity contribution in [2.75, 3.05) is 0 Å². The third kappa shape index (κ3) is 3.62. The fraction of sp³-hybridized carbons (Fsp3) is 0.500. The zero-order valence-corrected chi connectivity index (χ0v) is 12.4. The standard InChI is InChI=1S/C12H17BCl2O3/c1-11(2,16)12(3,4)18-13(17)9-6-5-8(14)7-10(9)15/h5-7,16-17H,1-4H3. The Morgan fingerprint density at radius 1 is 1.17 bits per heavy atom. The first-order valence-electron chi connectivity index (χ1n) is 5.58. The highest BCUT2D eigenvalue weighted by molar-refractivity contribution is 6.64. The van der Waals surface area contributed by atoms with E-state index in [0.29, 0.717) is 15.5 Å². The van der Waals surface area contributed by atoms with Crippen molar-refractivity contribution in [3.8, 4) is 0 Å². The van der Waals surface area contributed by atoms with E-state index in [1.807, 2.05) is 0 Å². The summed E-state index contributed by atoms with van der Waals surface area (Å²) in [6.45, 7) is 6.62. The van der Waals surface area contributed by atoms with Crippen LogP contribution in [0, 0.1) is 0 Å². The molecule has 0 saturated heterocycles. The Balaban J connectivity index is 2.92. The van der Waals surface area contributed by atoms with Crippen LogP contribution in [-0.4, -0.2) is 28.5 Å². The molecule has 1 rings (SSSR count). The van der Waals surface area contributed by atoms with Crippen molar-refractivity contribution in [1.29, 1.82) is 0 Å². The molecular weight excluding hydrogens is 274 g/mol. The van der Waals surface area contributed by atoms with E-state index < -0.39 is 18.3 Å². The summed E-state index contributed by atoms with van der Waals surface area (Å²) >= 11 is 11.8. The van der Waals surface area contributed by atoms with E-state index in [1.54, 1.807) is 39.8 Å². The predicted octanol–water partition coefficient (Wildman–Crippen LogP) is 2.25. The van der Waals surface area contributed by atoms with Gasteiger partial charge in [0.05, 0.1) is 11.2 Å². The topological polar surface area (TPSA) is 49.7 Å². The summed E-state index contributed by atoms with van der Waals surface area (Å²) in [5.74, 6) is 0. The van der Waals surface area contributed by atoms with Crippen molar-refractivity contribution in [3.63, 3.8) is 0 Å². The molecule has 0 bridgehead atoms. The number of aliphatic hydroxyl groups is 1. The van der Waals surface area contributed by atoms with E-state index in [0.717, 1.165) is 0 Å². The number of benzene rings is 1. The minimum absolute atomic E-state index is 0.321. The summed E-state index contributed by atoms with van der Waals surface area (Å²) in [6, 6.07) is 4.74. The Bertz CT molecular complexity index is 430. The third-order valence-electron chi connectivity index (χ3n) is 3.11. The Kier molecular flexibility index (Phi) is 4.73. The molecule has 0 fully saturated rings. The van der Waals surface area contributed by atoms with E-state index in [-0.39, 0.29) is 0 Å². The molecule has 0 spiro atoms. The molecule has 0 atom stereocenters. The van der Waals surface area contributed by atoms with Crippen LogP contribution in [0.1, 0.15) is 27.7 Å². The van der Waals surface area contributed by atoms with Crippen LogP contribution < -0.4 is 5.46 Å². The summed E-state index contributed by atoms with van der Waals surface area (Å²) in [5.41, 5.74) is -1.62. The lowest BCUT2D eigenvalue weighted by molar-refractivity contribution is -0.0982. The van der Waals surface area contributed by atoms with E-state index in [4.69, 9.17) is 27.9 Å². The second-order valence-electron chi connectivity index (χ2n) is 5.21. The molecule has 100 valence electrons. The first-order valence-corrected chi connectivity index (χ1v) is 6.33. The average molecular weight is 291 g/mol. The minimum atomic E-state index is -1.23. The maximum absolute atomic E-state index is 10.0. The van der Waals surface area contributed by atoms with Crippen LogP contribution in [0.4, 0.5) is 0 Å². The molecule has 0 radical (unpaired) electrons. The van der Waals surface area contributed by atoms with Gasteiger partial charge < -0.3 is 14.8 Å². The molecule has 0 aliphatic carbocycles. The van der Waals surface area contributed by atoms with Crippen LogP contribution >= 0.6 is 23.2 Å². The lowest BCUT2D eigenvalue weighted by Gasteiger charge is -2.38. The fourth-order valence-corrected chi connectivity index (χ4v) is 1.69. The average Bonchev–Trinajstić information content (AvgIpc) is 2.14. The highest BCUT2D eigenvalue weighted by Gasteiger charge is 2.39. The van der Waals surface area contributed by atoms with E-state index in [9.17, 15) is 10.1 Å². The van der Waals surface area contributed by atoms with Crippen LogP contribution in [-0.2, 0) is 4.65 Å². The molecule has 18 heavy (non-hydrogen) atoms. The van der Waals surface area contributed by atoms with Crippen LogP contribution in [0.3, 0.4) is 0 Å². The third-order valence-corrected chi connectivity index (χ3v) is 3.67. The molecule has 2 N–H and O–H groups in total. The van der Waals surface area contributed by atoms with Crippen molar-refractivity contribution < 1.29 is 14.8 Å². The summed E-state index contributed by atoms with van der Waals surface area (Å²) in [7, 11) is -1.23. The van der Waals surface area contributed by atoms with Gasteiger partial charge in [-0.2, -0.15) is 0 Å². The second-order valence-corrected chi connectivity index (χ2v) is 6.05. The molecular formula is C12H17BCl2O3. The summed E-state index contributed by atoms with van der Waals surface area (Å²) in [4.78, 5) is 0. The zero-order chi connectivity index (χ0) is 14.1. The van der Waals surface area contributed by atoms with Crippen LogP contribution in [0.15, 0.2) is 18.2 Å². The Hall–Kier alpha value is -0.255. The molecule has 0 amide bonds. The molecule has 0 aromatic heterocycles. The highest BCUT2D eigenvalue weighted by Crippen LogP contribution is 2.26. The monoisotopic (exact) mass is 290 g/mol. The predicted molar refractivity (Wildman–Crippen MR) is 75.5 cm³/mol. The van der Waals surface area contributed by atoms with Crippen molar-refractivity contribution in [2.45, 2.75) is 38.9 Å². The van der Waals surface area contributed by atoms with Gasteiger partial charge in [0.2, 0.25) is 0 Å². The molecule has 1 aromatic rings. The van der Waals surface area contributed by atoms with Crippen molar-refractivity contribution in [2.24, 2.45) is 0 Å². The molecule has 0 saturated carbocycles. The molecule has 0 aliphatic rings. The maximum Gasteiger partial charge on any atom is 0.493 e. The minimum Gasteiger partial charge on any atom is -0.423 e. The van der Waals surface area contributed by atoms with E-state index >= 15 is 0 Å². The zero-order valence-electron chi connectivity index (χ0n) is 10.9. The lowest BCUT2D eigenvalue weighted by Crippen LogP contribution is -2.53. The van der Waals surface area contributed by atoms with Crippen LogP contribution in [0.5, 0.6) is 0 Å². The SMILES string of the molecule is CC(C)(O)C(C)(C)OB(O)c1ccc(Cl)cc1Cl. The van der Waals surface area contributed by atoms with Crippen LogP contribution in [0.2, 0.25) is 10.0 Å². The maximum atomic E-state index is 10.0. The number of halogens is 2. The molecule has 6 heteroatoms. The quantitative estimate of drug-likeness (QED) is 0.836. The Labute approximate surface area is 118 Å². The lowest BCUT2D eigenvalue weighted by atomic mass is 9.76. The number of rotatable bonds is 4. The largest absolute Gasteiger partial charge is 0.493 e. The van der Waals surface area contributed by atoms with Gasteiger partial charge >= 0.3 is 7.12 Å². The van der Waals surface area contributed by atoms with Crippen molar-refractivity contribution in [3.05, 3.63) is 28.2 Å². The molecule has 0 aliphatic heterocycles. The van der Waals surface area contributed by atoms with Crippen molar-refractivity contribution in [1.82, 2.24) is 0 Å². The molecule has 3 nitrogen and oxygen atoms in total. The van der Waals surface area contributed by atoms with Gasteiger partial charge in [0.15, 0.2) is 0 Å². The van der Waals surface area contributed by atoms with Gasteiger partial charge in [-0.3, -0.25) is 0 Å². The van der Waals surface area contributed by atoms with E-state index in [1.165, 1.54) is 6.07 Å². The van der Waals surface area contributed by atoms with Gasteiger partial charge in [0.25, 0.3) is 0 Å². The number of hydrogen-bond acceptors (Lipinski definition) is 3. The second kappa shape index (κ2) is 5.39. The summed E-state index contributed by atoms with van der Waals surface area (Å²) in [6.07, 6.45) is 0. The highest BCUT2D eigenvalue weighted by atomic mass is 35.5.